The van der Waals surface area contributed by atoms with Crippen molar-refractivity contribution in [1.29, 1.82) is 0 Å². The first kappa shape index (κ1) is 16.1. The Morgan fingerprint density at radius 3 is 2.57 bits per heavy atom. The maximum Gasteiger partial charge on any atom is 0.338 e. The Kier molecular flexibility index (Phi) is 4.35. The van der Waals surface area contributed by atoms with E-state index in [1.165, 1.54) is 12.1 Å². The van der Waals surface area contributed by atoms with E-state index < -0.39 is 10.9 Å². The molecule has 8 nitrogen and oxygen atoms in total. The van der Waals surface area contributed by atoms with Gasteiger partial charge in [0.05, 0.1) is 16.5 Å². The van der Waals surface area contributed by atoms with E-state index in [0.29, 0.717) is 16.9 Å². The van der Waals surface area contributed by atoms with Gasteiger partial charge in [-0.1, -0.05) is 0 Å². The molecule has 0 saturated carbocycles. The van der Waals surface area contributed by atoms with Crippen molar-refractivity contribution in [1.82, 2.24) is 0 Å². The monoisotopic (exact) mass is 316 g/mol. The Labute approximate surface area is 131 Å². The van der Waals surface area contributed by atoms with Crippen molar-refractivity contribution in [3.8, 4) is 0 Å². The Balaban J connectivity index is 2.37. The second-order valence-corrected chi connectivity index (χ2v) is 5.05. The largest absolute Gasteiger partial charge is 0.478 e. The maximum absolute atomic E-state index is 11.3. The number of rotatable bonds is 5. The molecule has 0 heterocycles. The number of carboxylic acid groups (broad SMARTS) is 1. The highest BCUT2D eigenvalue weighted by Crippen LogP contribution is 2.29. The second kappa shape index (κ2) is 6.22. The van der Waals surface area contributed by atoms with Gasteiger partial charge in [-0.15, -0.1) is 0 Å². The van der Waals surface area contributed by atoms with E-state index in [9.17, 15) is 20.0 Å². The summed E-state index contributed by atoms with van der Waals surface area (Å²) >= 11 is 0. The molecule has 6 N–H and O–H groups in total. The number of nitrogen functional groups attached to an aromatic ring is 2. The van der Waals surface area contributed by atoms with Crippen LogP contribution in [0.2, 0.25) is 0 Å². The van der Waals surface area contributed by atoms with Gasteiger partial charge in [-0.05, 0) is 36.8 Å². The Morgan fingerprint density at radius 1 is 1.26 bits per heavy atom. The summed E-state index contributed by atoms with van der Waals surface area (Å²) < 4.78 is 0. The van der Waals surface area contributed by atoms with Crippen LogP contribution in [-0.4, -0.2) is 16.0 Å². The van der Waals surface area contributed by atoms with E-state index in [-0.39, 0.29) is 23.0 Å². The summed E-state index contributed by atoms with van der Waals surface area (Å²) in [5, 5.41) is 23.0. The smallest absolute Gasteiger partial charge is 0.338 e. The van der Waals surface area contributed by atoms with Gasteiger partial charge in [0.25, 0.3) is 5.69 Å². The van der Waals surface area contributed by atoms with Crippen molar-refractivity contribution in [2.45, 2.75) is 13.0 Å². The fourth-order valence-electron chi connectivity index (χ4n) is 2.23. The summed E-state index contributed by atoms with van der Waals surface area (Å²) in [5.74, 6) is -1.26. The lowest BCUT2D eigenvalue weighted by molar-refractivity contribution is -0.384. The van der Waals surface area contributed by atoms with Crippen molar-refractivity contribution in [3.63, 3.8) is 0 Å². The van der Waals surface area contributed by atoms with Crippen LogP contribution in [0.1, 0.15) is 28.9 Å². The standard InChI is InChI=1S/C15H16N4O4/c1-8(11-6-9(16)2-4-13(11)17)18-14-5-3-10(19(22)23)7-12(14)15(20)21/h2-8,18H,16-17H2,1H3,(H,20,21). The van der Waals surface area contributed by atoms with Crippen LogP contribution in [-0.2, 0) is 0 Å². The summed E-state index contributed by atoms with van der Waals surface area (Å²) in [7, 11) is 0. The molecule has 0 amide bonds. The van der Waals surface area contributed by atoms with E-state index in [0.717, 1.165) is 6.07 Å². The number of aromatic carboxylic acids is 1. The van der Waals surface area contributed by atoms with Gasteiger partial charge >= 0.3 is 5.97 Å². The third-order valence-electron chi connectivity index (χ3n) is 3.39. The van der Waals surface area contributed by atoms with Gasteiger partial charge in [0.2, 0.25) is 0 Å². The Bertz CT molecular complexity index is 776. The zero-order valence-electron chi connectivity index (χ0n) is 12.3. The molecule has 0 fully saturated rings. The van der Waals surface area contributed by atoms with Gasteiger partial charge < -0.3 is 21.9 Å². The quantitative estimate of drug-likeness (QED) is 0.377. The molecule has 0 saturated heterocycles. The second-order valence-electron chi connectivity index (χ2n) is 5.05. The van der Waals surface area contributed by atoms with Crippen molar-refractivity contribution in [3.05, 3.63) is 57.6 Å². The number of hydrogen-bond acceptors (Lipinski definition) is 6. The number of nitrogens with two attached hydrogens (primary N) is 2. The zero-order chi connectivity index (χ0) is 17.1. The Hall–Kier alpha value is -3.29. The molecule has 2 rings (SSSR count). The molecule has 0 spiro atoms. The van der Waals surface area contributed by atoms with Gasteiger partial charge in [0.15, 0.2) is 0 Å². The number of nitrogens with one attached hydrogen (secondary N) is 1. The van der Waals surface area contributed by atoms with Crippen LogP contribution in [0.15, 0.2) is 36.4 Å². The summed E-state index contributed by atoms with van der Waals surface area (Å²) in [6, 6.07) is 8.30. The van der Waals surface area contributed by atoms with Crippen LogP contribution >= 0.6 is 0 Å². The van der Waals surface area contributed by atoms with Crippen LogP contribution in [0.4, 0.5) is 22.7 Å². The lowest BCUT2D eigenvalue weighted by atomic mass is 10.0. The predicted molar refractivity (Wildman–Crippen MR) is 87.4 cm³/mol. The highest BCUT2D eigenvalue weighted by atomic mass is 16.6. The molecule has 0 aliphatic heterocycles. The van der Waals surface area contributed by atoms with Crippen molar-refractivity contribution < 1.29 is 14.8 Å². The number of nitrogens with zero attached hydrogens (tertiary/aromatic N) is 1. The number of nitro benzene ring substituents is 1. The molecule has 0 aliphatic carbocycles. The number of benzene rings is 2. The molecule has 1 unspecified atom stereocenters. The lowest BCUT2D eigenvalue weighted by Gasteiger charge is -2.19. The Morgan fingerprint density at radius 2 is 1.96 bits per heavy atom. The minimum absolute atomic E-state index is 0.187. The van der Waals surface area contributed by atoms with E-state index in [2.05, 4.69) is 5.32 Å². The average molecular weight is 316 g/mol. The van der Waals surface area contributed by atoms with Crippen LogP contribution in [0.5, 0.6) is 0 Å². The SMILES string of the molecule is CC(Nc1ccc([N+](=O)[O-])cc1C(=O)O)c1cc(N)ccc1N. The van der Waals surface area contributed by atoms with Gasteiger partial charge in [0.1, 0.15) is 0 Å². The van der Waals surface area contributed by atoms with Crippen molar-refractivity contribution in [2.24, 2.45) is 0 Å². The zero-order valence-corrected chi connectivity index (χ0v) is 12.3. The number of nitro groups is 1. The number of carboxylic acids is 1. The summed E-state index contributed by atoms with van der Waals surface area (Å²) in [4.78, 5) is 21.5. The molecule has 8 heteroatoms. The maximum atomic E-state index is 11.3. The normalized spacial score (nSPS) is 11.7. The molecule has 120 valence electrons. The molecule has 0 radical (unpaired) electrons. The molecular formula is C15H16N4O4. The van der Waals surface area contributed by atoms with E-state index >= 15 is 0 Å². The van der Waals surface area contributed by atoms with Crippen LogP contribution in [0.3, 0.4) is 0 Å². The third-order valence-corrected chi connectivity index (χ3v) is 3.39. The molecular weight excluding hydrogens is 300 g/mol. The first-order chi connectivity index (χ1) is 10.8. The fourth-order valence-corrected chi connectivity index (χ4v) is 2.23. The van der Waals surface area contributed by atoms with Crippen LogP contribution < -0.4 is 16.8 Å². The third kappa shape index (κ3) is 3.49. The van der Waals surface area contributed by atoms with Crippen molar-refractivity contribution in [2.75, 3.05) is 16.8 Å². The minimum atomic E-state index is -1.26. The molecule has 0 aromatic heterocycles. The number of carbonyl (C=O) groups is 1. The molecule has 0 aliphatic rings. The number of non-ortho nitro benzene ring substituents is 1. The topological polar surface area (TPSA) is 145 Å². The number of anilines is 3. The van der Waals surface area contributed by atoms with Crippen LogP contribution in [0.25, 0.3) is 0 Å². The molecule has 23 heavy (non-hydrogen) atoms. The average Bonchev–Trinajstić information content (AvgIpc) is 2.49. The van der Waals surface area contributed by atoms with Crippen LogP contribution in [0, 0.1) is 10.1 Å². The first-order valence-electron chi connectivity index (χ1n) is 6.72. The van der Waals surface area contributed by atoms with E-state index in [4.69, 9.17) is 11.5 Å². The van der Waals surface area contributed by atoms with Gasteiger partial charge in [-0.3, -0.25) is 10.1 Å². The number of hydrogen-bond donors (Lipinski definition) is 4. The van der Waals surface area contributed by atoms with Crippen molar-refractivity contribution >= 4 is 28.7 Å². The lowest BCUT2D eigenvalue weighted by Crippen LogP contribution is -2.13. The summed E-state index contributed by atoms with van der Waals surface area (Å²) in [5.41, 5.74) is 13.2. The molecule has 2 aromatic rings. The molecule has 2 aromatic carbocycles. The molecule has 0 bridgehead atoms. The van der Waals surface area contributed by atoms with Gasteiger partial charge in [0, 0.05) is 29.2 Å². The van der Waals surface area contributed by atoms with Gasteiger partial charge in [-0.25, -0.2) is 4.79 Å². The summed E-state index contributed by atoms with van der Waals surface area (Å²) in [6.45, 7) is 1.79. The van der Waals surface area contributed by atoms with E-state index in [1.807, 2.05) is 0 Å². The van der Waals surface area contributed by atoms with Gasteiger partial charge in [-0.2, -0.15) is 0 Å². The van der Waals surface area contributed by atoms with E-state index in [1.54, 1.807) is 25.1 Å². The summed E-state index contributed by atoms with van der Waals surface area (Å²) in [6.07, 6.45) is 0. The fraction of sp³-hybridized carbons (Fsp3) is 0.133. The first-order valence-corrected chi connectivity index (χ1v) is 6.72. The highest BCUT2D eigenvalue weighted by Gasteiger charge is 2.18. The minimum Gasteiger partial charge on any atom is -0.478 e. The predicted octanol–water partition coefficient (Wildman–Crippen LogP) is 2.63. The highest BCUT2D eigenvalue weighted by molar-refractivity contribution is 5.95. The molecule has 1 atom stereocenters.